The molecule has 0 fully saturated rings. The van der Waals surface area contributed by atoms with Crippen LogP contribution in [0.25, 0.3) is 26.6 Å². The van der Waals surface area contributed by atoms with Crippen molar-refractivity contribution in [3.05, 3.63) is 83.7 Å². The number of aromatic hydroxyl groups is 1. The van der Waals surface area contributed by atoms with Crippen LogP contribution in [0.4, 0.5) is 4.39 Å². The van der Waals surface area contributed by atoms with Crippen LogP contribution < -0.4 is 4.74 Å². The topological polar surface area (TPSA) is 66.8 Å². The van der Waals surface area contributed by atoms with Gasteiger partial charge in [-0.25, -0.2) is 9.18 Å². The molecule has 0 bridgehead atoms. The Labute approximate surface area is 176 Å². The van der Waals surface area contributed by atoms with Crippen LogP contribution in [0.5, 0.6) is 17.2 Å². The number of carbonyl (C=O) groups is 1. The van der Waals surface area contributed by atoms with Crippen molar-refractivity contribution in [1.82, 2.24) is 0 Å². The third-order valence-electron chi connectivity index (χ3n) is 4.59. The summed E-state index contributed by atoms with van der Waals surface area (Å²) in [6.07, 6.45) is 2.57. The molecule has 0 radical (unpaired) electrons. The fourth-order valence-electron chi connectivity index (χ4n) is 3.11. The Morgan fingerprint density at radius 1 is 1.07 bits per heavy atom. The van der Waals surface area contributed by atoms with Crippen LogP contribution in [-0.4, -0.2) is 16.2 Å². The molecule has 3 aromatic carbocycles. The number of rotatable bonds is 5. The first-order chi connectivity index (χ1) is 14.4. The van der Waals surface area contributed by atoms with E-state index < -0.39 is 5.97 Å². The molecule has 30 heavy (non-hydrogen) atoms. The Hall–Kier alpha value is -3.64. The quantitative estimate of drug-likeness (QED) is 0.357. The number of phenolic OH excluding ortho intramolecular Hbond substituents is 1. The molecule has 0 saturated heterocycles. The van der Waals surface area contributed by atoms with Crippen LogP contribution in [0.15, 0.2) is 66.7 Å². The van der Waals surface area contributed by atoms with E-state index in [4.69, 9.17) is 9.84 Å². The SMILES string of the molecule is Cc1ccc(F)cc1-c1sc2cc(O)ccc2c1Oc1ccc(/C=C/C(=O)O)cc1. The van der Waals surface area contributed by atoms with E-state index in [1.54, 1.807) is 48.5 Å². The van der Waals surface area contributed by atoms with Gasteiger partial charge in [0.15, 0.2) is 5.75 Å². The van der Waals surface area contributed by atoms with Gasteiger partial charge in [-0.15, -0.1) is 11.3 Å². The number of halogens is 1. The standard InChI is InChI=1S/C24H17FO4S/c1-14-2-6-16(25)12-20(14)24-23(19-10-7-17(26)13-21(19)30-24)29-18-8-3-15(4-9-18)5-11-22(27)28/h2-13,26H,1H3,(H,27,28)/b11-5+. The minimum atomic E-state index is -1.02. The smallest absolute Gasteiger partial charge is 0.328 e. The molecule has 0 saturated carbocycles. The predicted molar refractivity (Wildman–Crippen MR) is 117 cm³/mol. The molecule has 2 N–H and O–H groups in total. The molecule has 0 aliphatic rings. The zero-order chi connectivity index (χ0) is 21.3. The average Bonchev–Trinajstić information content (AvgIpc) is 3.06. The Kier molecular flexibility index (Phi) is 5.25. The highest BCUT2D eigenvalue weighted by Crippen LogP contribution is 2.48. The van der Waals surface area contributed by atoms with Crippen molar-refractivity contribution in [1.29, 1.82) is 0 Å². The van der Waals surface area contributed by atoms with Gasteiger partial charge in [0, 0.05) is 21.7 Å². The average molecular weight is 420 g/mol. The Morgan fingerprint density at radius 3 is 2.57 bits per heavy atom. The van der Waals surface area contributed by atoms with Gasteiger partial charge in [0.05, 0.1) is 4.88 Å². The summed E-state index contributed by atoms with van der Waals surface area (Å²) in [4.78, 5) is 11.4. The summed E-state index contributed by atoms with van der Waals surface area (Å²) in [6, 6.07) is 16.6. The first-order valence-corrected chi connectivity index (χ1v) is 9.93. The van der Waals surface area contributed by atoms with Crippen LogP contribution in [0.3, 0.4) is 0 Å². The van der Waals surface area contributed by atoms with E-state index in [1.807, 2.05) is 6.92 Å². The summed E-state index contributed by atoms with van der Waals surface area (Å²) in [5, 5.41) is 19.4. The van der Waals surface area contributed by atoms with Gasteiger partial charge in [0.2, 0.25) is 0 Å². The van der Waals surface area contributed by atoms with Gasteiger partial charge in [-0.2, -0.15) is 0 Å². The van der Waals surface area contributed by atoms with E-state index in [-0.39, 0.29) is 11.6 Å². The minimum absolute atomic E-state index is 0.146. The molecule has 0 unspecified atom stereocenters. The Morgan fingerprint density at radius 2 is 1.83 bits per heavy atom. The van der Waals surface area contributed by atoms with E-state index in [2.05, 4.69) is 0 Å². The number of aryl methyl sites for hydroxylation is 1. The van der Waals surface area contributed by atoms with Crippen LogP contribution in [0.2, 0.25) is 0 Å². The van der Waals surface area contributed by atoms with Gasteiger partial charge in [-0.3, -0.25) is 0 Å². The van der Waals surface area contributed by atoms with Gasteiger partial charge >= 0.3 is 5.97 Å². The van der Waals surface area contributed by atoms with Crippen molar-refractivity contribution in [2.24, 2.45) is 0 Å². The molecule has 0 aliphatic heterocycles. The summed E-state index contributed by atoms with van der Waals surface area (Å²) in [5.41, 5.74) is 2.36. The van der Waals surface area contributed by atoms with Gasteiger partial charge < -0.3 is 14.9 Å². The highest BCUT2D eigenvalue weighted by Gasteiger charge is 2.18. The second-order valence-electron chi connectivity index (χ2n) is 6.74. The molecule has 1 aromatic heterocycles. The van der Waals surface area contributed by atoms with Crippen molar-refractivity contribution in [3.8, 4) is 27.7 Å². The Bertz CT molecular complexity index is 1270. The molecule has 4 rings (SSSR count). The fourth-order valence-corrected chi connectivity index (χ4v) is 4.36. The fraction of sp³-hybridized carbons (Fsp3) is 0.0417. The number of ether oxygens (including phenoxy) is 1. The summed E-state index contributed by atoms with van der Waals surface area (Å²) in [6.45, 7) is 1.91. The zero-order valence-electron chi connectivity index (χ0n) is 15.9. The molecular weight excluding hydrogens is 403 g/mol. The van der Waals surface area contributed by atoms with Crippen LogP contribution in [0, 0.1) is 12.7 Å². The van der Waals surface area contributed by atoms with Gasteiger partial charge in [-0.05, 0) is 66.6 Å². The lowest BCUT2D eigenvalue weighted by Crippen LogP contribution is -1.89. The largest absolute Gasteiger partial charge is 0.508 e. The first-order valence-electron chi connectivity index (χ1n) is 9.11. The number of carboxylic acids is 1. The third-order valence-corrected chi connectivity index (χ3v) is 5.76. The molecule has 1 heterocycles. The zero-order valence-corrected chi connectivity index (χ0v) is 16.7. The highest BCUT2D eigenvalue weighted by atomic mass is 32.1. The number of thiophene rings is 1. The van der Waals surface area contributed by atoms with Crippen LogP contribution in [0.1, 0.15) is 11.1 Å². The maximum atomic E-state index is 14.0. The summed E-state index contributed by atoms with van der Waals surface area (Å²) >= 11 is 1.42. The lowest BCUT2D eigenvalue weighted by Gasteiger charge is -2.10. The van der Waals surface area contributed by atoms with E-state index in [1.165, 1.54) is 29.5 Å². The van der Waals surface area contributed by atoms with Crippen molar-refractivity contribution in [2.75, 3.05) is 0 Å². The molecule has 4 nitrogen and oxygen atoms in total. The number of aliphatic carboxylic acids is 1. The third kappa shape index (κ3) is 4.04. The molecule has 6 heteroatoms. The summed E-state index contributed by atoms with van der Waals surface area (Å²) in [5.74, 6) is -0.0645. The van der Waals surface area contributed by atoms with Gasteiger partial charge in [0.25, 0.3) is 0 Å². The predicted octanol–water partition coefficient (Wildman–Crippen LogP) is 6.61. The number of fused-ring (bicyclic) bond motifs is 1. The number of hydrogen-bond donors (Lipinski definition) is 2. The van der Waals surface area contributed by atoms with E-state index in [0.29, 0.717) is 11.5 Å². The van der Waals surface area contributed by atoms with Crippen molar-refractivity contribution in [2.45, 2.75) is 6.92 Å². The molecular formula is C24H17FO4S. The van der Waals surface area contributed by atoms with E-state index in [0.717, 1.165) is 37.7 Å². The number of phenols is 1. The maximum Gasteiger partial charge on any atom is 0.328 e. The molecule has 0 atom stereocenters. The molecule has 0 spiro atoms. The molecule has 150 valence electrons. The number of hydrogen-bond acceptors (Lipinski definition) is 4. The lowest BCUT2D eigenvalue weighted by atomic mass is 10.1. The van der Waals surface area contributed by atoms with E-state index >= 15 is 0 Å². The Balaban J connectivity index is 1.79. The van der Waals surface area contributed by atoms with E-state index in [9.17, 15) is 14.3 Å². The maximum absolute atomic E-state index is 14.0. The number of benzene rings is 3. The van der Waals surface area contributed by atoms with Crippen LogP contribution >= 0.6 is 11.3 Å². The molecule has 0 aliphatic carbocycles. The molecule has 4 aromatic rings. The van der Waals surface area contributed by atoms with Crippen LogP contribution in [-0.2, 0) is 4.79 Å². The second-order valence-corrected chi connectivity index (χ2v) is 7.79. The minimum Gasteiger partial charge on any atom is -0.508 e. The van der Waals surface area contributed by atoms with Crippen molar-refractivity contribution < 1.29 is 24.1 Å². The number of carboxylic acid groups (broad SMARTS) is 1. The second kappa shape index (κ2) is 8.00. The monoisotopic (exact) mass is 420 g/mol. The molecule has 0 amide bonds. The lowest BCUT2D eigenvalue weighted by molar-refractivity contribution is -0.131. The van der Waals surface area contributed by atoms with Gasteiger partial charge in [0.1, 0.15) is 17.3 Å². The van der Waals surface area contributed by atoms with Crippen molar-refractivity contribution >= 4 is 33.5 Å². The summed E-state index contributed by atoms with van der Waals surface area (Å²) in [7, 11) is 0. The highest BCUT2D eigenvalue weighted by molar-refractivity contribution is 7.22. The van der Waals surface area contributed by atoms with Gasteiger partial charge in [-0.1, -0.05) is 18.2 Å². The first kappa shape index (κ1) is 19.7. The normalized spacial score (nSPS) is 11.3. The van der Waals surface area contributed by atoms with Crippen molar-refractivity contribution in [3.63, 3.8) is 0 Å². The summed E-state index contributed by atoms with van der Waals surface area (Å²) < 4.78 is 21.0.